The standard InChI is InChI=1S/C16H17N3.C4H4O4/c1-19-12-11-17-16(19)18-15-10-6-5-9-14(15)13-7-3-2-4-8-13;5-3(6)1-2-4(7)8/h2-10H,11-12H2,1H3,(H,17,18);1-2H,(H,5,6)(H,7,8)/b;2-1+. The summed E-state index contributed by atoms with van der Waals surface area (Å²) in [4.78, 5) is 25.7. The van der Waals surface area contributed by atoms with Crippen molar-refractivity contribution >= 4 is 23.6 Å². The molecule has 2 aromatic rings. The first-order valence-corrected chi connectivity index (χ1v) is 8.28. The van der Waals surface area contributed by atoms with Gasteiger partial charge in [0.15, 0.2) is 5.96 Å². The molecule has 1 aliphatic rings. The number of likely N-dealkylation sites (N-methyl/N-ethyl adjacent to an activating group) is 1. The van der Waals surface area contributed by atoms with Crippen LogP contribution >= 0.6 is 0 Å². The summed E-state index contributed by atoms with van der Waals surface area (Å²) >= 11 is 0. The molecule has 0 aromatic heterocycles. The number of para-hydroxylation sites is 1. The predicted octanol–water partition coefficient (Wildman–Crippen LogP) is 2.78. The number of carbonyl (C=O) groups is 2. The lowest BCUT2D eigenvalue weighted by Gasteiger charge is -2.17. The number of aliphatic imine (C=N–C) groups is 1. The van der Waals surface area contributed by atoms with Crippen LogP contribution in [0.2, 0.25) is 0 Å². The van der Waals surface area contributed by atoms with Crippen LogP contribution in [0.25, 0.3) is 11.1 Å². The molecule has 0 spiro atoms. The molecule has 2 aromatic carbocycles. The minimum Gasteiger partial charge on any atom is -0.478 e. The van der Waals surface area contributed by atoms with Crippen LogP contribution in [-0.2, 0) is 9.59 Å². The van der Waals surface area contributed by atoms with E-state index >= 15 is 0 Å². The Morgan fingerprint density at radius 1 is 1.00 bits per heavy atom. The molecular formula is C20H21N3O4. The molecule has 0 fully saturated rings. The van der Waals surface area contributed by atoms with Gasteiger partial charge >= 0.3 is 11.9 Å². The Balaban J connectivity index is 0.000000279. The van der Waals surface area contributed by atoms with Crippen LogP contribution in [0, 0.1) is 0 Å². The zero-order valence-corrected chi connectivity index (χ0v) is 14.9. The normalized spacial score (nSPS) is 12.9. The summed E-state index contributed by atoms with van der Waals surface area (Å²) in [5.74, 6) is -1.57. The molecule has 0 bridgehead atoms. The molecule has 0 atom stereocenters. The van der Waals surface area contributed by atoms with Gasteiger partial charge in [0.1, 0.15) is 0 Å². The van der Waals surface area contributed by atoms with Crippen LogP contribution in [0.1, 0.15) is 0 Å². The van der Waals surface area contributed by atoms with Gasteiger partial charge in [-0.2, -0.15) is 0 Å². The Hall–Kier alpha value is -3.61. The van der Waals surface area contributed by atoms with Crippen LogP contribution in [0.5, 0.6) is 0 Å². The van der Waals surface area contributed by atoms with Crippen molar-refractivity contribution in [1.82, 2.24) is 4.90 Å². The van der Waals surface area contributed by atoms with Crippen molar-refractivity contribution in [2.45, 2.75) is 0 Å². The van der Waals surface area contributed by atoms with Gasteiger partial charge in [0.05, 0.1) is 6.54 Å². The maximum atomic E-state index is 9.55. The first-order valence-electron chi connectivity index (χ1n) is 8.28. The van der Waals surface area contributed by atoms with Gasteiger partial charge in [0, 0.05) is 37.0 Å². The van der Waals surface area contributed by atoms with Crippen molar-refractivity contribution in [2.75, 3.05) is 25.5 Å². The molecular weight excluding hydrogens is 346 g/mol. The molecule has 3 rings (SSSR count). The van der Waals surface area contributed by atoms with Crippen molar-refractivity contribution in [1.29, 1.82) is 0 Å². The predicted molar refractivity (Wildman–Crippen MR) is 105 cm³/mol. The molecule has 0 radical (unpaired) electrons. The van der Waals surface area contributed by atoms with Gasteiger partial charge in [-0.3, -0.25) is 4.99 Å². The van der Waals surface area contributed by atoms with Gasteiger partial charge in [-0.25, -0.2) is 9.59 Å². The van der Waals surface area contributed by atoms with Crippen LogP contribution < -0.4 is 5.32 Å². The molecule has 0 amide bonds. The van der Waals surface area contributed by atoms with Crippen molar-refractivity contribution in [2.24, 2.45) is 4.99 Å². The fraction of sp³-hybridized carbons (Fsp3) is 0.150. The highest BCUT2D eigenvalue weighted by atomic mass is 16.4. The third-order valence-corrected chi connectivity index (χ3v) is 3.69. The molecule has 140 valence electrons. The average molecular weight is 367 g/mol. The second-order valence-corrected chi connectivity index (χ2v) is 5.67. The number of anilines is 1. The lowest BCUT2D eigenvalue weighted by Crippen LogP contribution is -2.29. The Morgan fingerprint density at radius 3 is 2.15 bits per heavy atom. The molecule has 7 nitrogen and oxygen atoms in total. The molecule has 0 unspecified atom stereocenters. The minimum absolute atomic E-state index is 0.558. The first-order chi connectivity index (χ1) is 13.0. The fourth-order valence-electron chi connectivity index (χ4n) is 2.39. The second-order valence-electron chi connectivity index (χ2n) is 5.67. The number of carboxylic acid groups (broad SMARTS) is 2. The number of nitrogens with one attached hydrogen (secondary N) is 1. The average Bonchev–Trinajstić information content (AvgIpc) is 3.06. The SMILES string of the molecule is CN1CCN=C1Nc1ccccc1-c1ccccc1.O=C(O)/C=C/C(=O)O. The number of guanidine groups is 1. The third-order valence-electron chi connectivity index (χ3n) is 3.69. The minimum atomic E-state index is -1.26. The highest BCUT2D eigenvalue weighted by Crippen LogP contribution is 2.27. The van der Waals surface area contributed by atoms with Gasteiger partial charge < -0.3 is 20.4 Å². The number of nitrogens with zero attached hydrogens (tertiary/aromatic N) is 2. The van der Waals surface area contributed by atoms with Gasteiger partial charge in [0.2, 0.25) is 0 Å². The van der Waals surface area contributed by atoms with Crippen LogP contribution in [-0.4, -0.2) is 53.1 Å². The summed E-state index contributed by atoms with van der Waals surface area (Å²) in [7, 11) is 2.06. The summed E-state index contributed by atoms with van der Waals surface area (Å²) in [5, 5.41) is 19.1. The van der Waals surface area contributed by atoms with E-state index in [1.807, 2.05) is 12.1 Å². The molecule has 0 aliphatic carbocycles. The van der Waals surface area contributed by atoms with Crippen molar-refractivity contribution < 1.29 is 19.8 Å². The smallest absolute Gasteiger partial charge is 0.328 e. The summed E-state index contributed by atoms with van der Waals surface area (Å²) in [6, 6.07) is 18.7. The fourth-order valence-corrected chi connectivity index (χ4v) is 2.39. The number of rotatable bonds is 4. The molecule has 1 heterocycles. The van der Waals surface area contributed by atoms with Crippen molar-refractivity contribution in [3.8, 4) is 11.1 Å². The van der Waals surface area contributed by atoms with E-state index in [9.17, 15) is 9.59 Å². The van der Waals surface area contributed by atoms with Crippen LogP contribution in [0.4, 0.5) is 5.69 Å². The van der Waals surface area contributed by atoms with Crippen molar-refractivity contribution in [3.63, 3.8) is 0 Å². The Morgan fingerprint density at radius 2 is 1.59 bits per heavy atom. The van der Waals surface area contributed by atoms with Crippen LogP contribution in [0.15, 0.2) is 71.7 Å². The Bertz CT molecular complexity index is 831. The topological polar surface area (TPSA) is 102 Å². The molecule has 0 saturated heterocycles. The molecule has 0 saturated carbocycles. The quantitative estimate of drug-likeness (QED) is 0.718. The van der Waals surface area contributed by atoms with Gasteiger partial charge in [0.25, 0.3) is 0 Å². The maximum absolute atomic E-state index is 9.55. The number of aliphatic carboxylic acids is 2. The largest absolute Gasteiger partial charge is 0.478 e. The van der Waals surface area contributed by atoms with Crippen LogP contribution in [0.3, 0.4) is 0 Å². The first kappa shape index (κ1) is 19.7. The maximum Gasteiger partial charge on any atom is 0.328 e. The van der Waals surface area contributed by atoms with Gasteiger partial charge in [-0.15, -0.1) is 0 Å². The van der Waals surface area contributed by atoms with E-state index < -0.39 is 11.9 Å². The summed E-state index contributed by atoms with van der Waals surface area (Å²) in [6.07, 6.45) is 1.12. The molecule has 3 N–H and O–H groups in total. The van der Waals surface area contributed by atoms with E-state index in [2.05, 4.69) is 64.7 Å². The summed E-state index contributed by atoms with van der Waals surface area (Å²) in [6.45, 7) is 1.85. The Labute approximate surface area is 157 Å². The summed E-state index contributed by atoms with van der Waals surface area (Å²) < 4.78 is 0. The third kappa shape index (κ3) is 6.32. The second kappa shape index (κ2) is 9.76. The van der Waals surface area contributed by atoms with E-state index in [0.717, 1.165) is 24.7 Å². The molecule has 1 aliphatic heterocycles. The molecule has 27 heavy (non-hydrogen) atoms. The summed E-state index contributed by atoms with van der Waals surface area (Å²) in [5.41, 5.74) is 3.51. The molecule has 7 heteroatoms. The zero-order valence-electron chi connectivity index (χ0n) is 14.9. The van der Waals surface area contributed by atoms with E-state index in [0.29, 0.717) is 12.2 Å². The highest BCUT2D eigenvalue weighted by molar-refractivity contribution is 5.98. The van der Waals surface area contributed by atoms with E-state index in [1.54, 1.807) is 0 Å². The highest BCUT2D eigenvalue weighted by Gasteiger charge is 2.14. The lowest BCUT2D eigenvalue weighted by molar-refractivity contribution is -0.134. The number of hydrogen-bond acceptors (Lipinski definition) is 5. The lowest BCUT2D eigenvalue weighted by atomic mass is 10.0. The monoisotopic (exact) mass is 367 g/mol. The zero-order chi connectivity index (χ0) is 19.6. The number of benzene rings is 2. The number of hydrogen-bond donors (Lipinski definition) is 3. The van der Waals surface area contributed by atoms with Gasteiger partial charge in [-0.1, -0.05) is 48.5 Å². The van der Waals surface area contributed by atoms with E-state index in [4.69, 9.17) is 10.2 Å². The van der Waals surface area contributed by atoms with Crippen molar-refractivity contribution in [3.05, 3.63) is 66.7 Å². The number of carboxylic acids is 2. The van der Waals surface area contributed by atoms with E-state index in [1.165, 1.54) is 11.1 Å². The van der Waals surface area contributed by atoms with Gasteiger partial charge in [-0.05, 0) is 11.6 Å². The van der Waals surface area contributed by atoms with E-state index in [-0.39, 0.29) is 0 Å². The Kier molecular flexibility index (Phi) is 7.13.